The lowest BCUT2D eigenvalue weighted by Crippen LogP contribution is -2.46. The molecule has 1 heterocycles. The standard InChI is InChI=1S/C15H22N2O2/c1-10-3-6-14(13(7-10)9-18)17-8-12(15(16)19)5-4-11(17)2/h3,6-7,11-12,18H,4-5,8-9H2,1-2H3,(H2,16,19). The Morgan fingerprint density at radius 3 is 2.84 bits per heavy atom. The van der Waals surface area contributed by atoms with Crippen LogP contribution in [-0.4, -0.2) is 23.6 Å². The number of benzene rings is 1. The summed E-state index contributed by atoms with van der Waals surface area (Å²) in [4.78, 5) is 13.6. The molecule has 104 valence electrons. The van der Waals surface area contributed by atoms with E-state index in [1.165, 1.54) is 0 Å². The number of aryl methyl sites for hydroxylation is 1. The number of aliphatic hydroxyl groups excluding tert-OH is 1. The summed E-state index contributed by atoms with van der Waals surface area (Å²) in [6, 6.07) is 6.43. The van der Waals surface area contributed by atoms with Crippen LogP contribution >= 0.6 is 0 Å². The van der Waals surface area contributed by atoms with Crippen molar-refractivity contribution in [1.82, 2.24) is 0 Å². The van der Waals surface area contributed by atoms with E-state index in [0.29, 0.717) is 12.6 Å². The molecule has 0 radical (unpaired) electrons. The number of hydrogen-bond donors (Lipinski definition) is 2. The summed E-state index contributed by atoms with van der Waals surface area (Å²) in [6.07, 6.45) is 1.81. The molecule has 4 nitrogen and oxygen atoms in total. The van der Waals surface area contributed by atoms with Gasteiger partial charge in [-0.2, -0.15) is 0 Å². The summed E-state index contributed by atoms with van der Waals surface area (Å²) in [5.74, 6) is -0.321. The van der Waals surface area contributed by atoms with E-state index in [4.69, 9.17) is 5.73 Å². The zero-order valence-electron chi connectivity index (χ0n) is 11.6. The highest BCUT2D eigenvalue weighted by Gasteiger charge is 2.29. The second kappa shape index (κ2) is 5.61. The van der Waals surface area contributed by atoms with Crippen LogP contribution in [0.5, 0.6) is 0 Å². The van der Waals surface area contributed by atoms with E-state index in [0.717, 1.165) is 29.7 Å². The number of anilines is 1. The van der Waals surface area contributed by atoms with Crippen LogP contribution in [0.2, 0.25) is 0 Å². The molecule has 0 aliphatic carbocycles. The normalized spacial score (nSPS) is 23.4. The molecular weight excluding hydrogens is 240 g/mol. The molecule has 1 aliphatic heterocycles. The molecule has 0 saturated carbocycles. The molecule has 1 amide bonds. The lowest BCUT2D eigenvalue weighted by molar-refractivity contribution is -0.122. The van der Waals surface area contributed by atoms with Crippen molar-refractivity contribution in [3.63, 3.8) is 0 Å². The molecule has 2 rings (SSSR count). The topological polar surface area (TPSA) is 66.6 Å². The van der Waals surface area contributed by atoms with Crippen molar-refractivity contribution in [1.29, 1.82) is 0 Å². The zero-order valence-corrected chi connectivity index (χ0v) is 11.6. The summed E-state index contributed by atoms with van der Waals surface area (Å²) in [5.41, 5.74) is 8.50. The molecule has 1 fully saturated rings. The van der Waals surface area contributed by atoms with Crippen molar-refractivity contribution in [2.75, 3.05) is 11.4 Å². The van der Waals surface area contributed by atoms with Gasteiger partial charge in [0.05, 0.1) is 12.5 Å². The molecule has 1 aliphatic rings. The van der Waals surface area contributed by atoms with Gasteiger partial charge in [-0.25, -0.2) is 0 Å². The molecule has 0 spiro atoms. The molecule has 1 saturated heterocycles. The number of primary amides is 1. The van der Waals surface area contributed by atoms with Gasteiger partial charge < -0.3 is 15.7 Å². The van der Waals surface area contributed by atoms with Gasteiger partial charge in [0.1, 0.15) is 0 Å². The molecule has 2 unspecified atom stereocenters. The maximum absolute atomic E-state index is 11.4. The molecule has 1 aromatic rings. The Hall–Kier alpha value is -1.55. The Bertz CT molecular complexity index is 473. The minimum atomic E-state index is -0.227. The number of hydrogen-bond acceptors (Lipinski definition) is 3. The van der Waals surface area contributed by atoms with Crippen molar-refractivity contribution in [2.24, 2.45) is 11.7 Å². The fourth-order valence-electron chi connectivity index (χ4n) is 2.80. The van der Waals surface area contributed by atoms with Crippen LogP contribution in [0.1, 0.15) is 30.9 Å². The maximum Gasteiger partial charge on any atom is 0.222 e. The lowest BCUT2D eigenvalue weighted by Gasteiger charge is -2.39. The lowest BCUT2D eigenvalue weighted by atomic mass is 9.91. The van der Waals surface area contributed by atoms with Crippen LogP contribution < -0.4 is 10.6 Å². The number of piperidine rings is 1. The van der Waals surface area contributed by atoms with E-state index >= 15 is 0 Å². The average Bonchev–Trinajstić information content (AvgIpc) is 2.39. The fraction of sp³-hybridized carbons (Fsp3) is 0.533. The minimum absolute atomic E-state index is 0.0153. The summed E-state index contributed by atoms with van der Waals surface area (Å²) in [6.45, 7) is 4.82. The largest absolute Gasteiger partial charge is 0.392 e. The monoisotopic (exact) mass is 262 g/mol. The predicted molar refractivity (Wildman–Crippen MR) is 75.8 cm³/mol. The fourth-order valence-corrected chi connectivity index (χ4v) is 2.80. The third kappa shape index (κ3) is 2.89. The van der Waals surface area contributed by atoms with E-state index in [2.05, 4.69) is 11.8 Å². The van der Waals surface area contributed by atoms with Gasteiger partial charge >= 0.3 is 0 Å². The van der Waals surface area contributed by atoms with Crippen LogP contribution in [0.25, 0.3) is 0 Å². The van der Waals surface area contributed by atoms with Crippen LogP contribution in [0.4, 0.5) is 5.69 Å². The van der Waals surface area contributed by atoms with Gasteiger partial charge in [0.2, 0.25) is 5.91 Å². The van der Waals surface area contributed by atoms with Gasteiger partial charge in [0, 0.05) is 23.8 Å². The first-order valence-corrected chi connectivity index (χ1v) is 6.79. The van der Waals surface area contributed by atoms with Gasteiger partial charge in [-0.1, -0.05) is 17.7 Å². The first-order chi connectivity index (χ1) is 9.02. The van der Waals surface area contributed by atoms with E-state index in [1.807, 2.05) is 25.1 Å². The van der Waals surface area contributed by atoms with Crippen LogP contribution in [0.3, 0.4) is 0 Å². The van der Waals surface area contributed by atoms with Gasteiger partial charge in [0.15, 0.2) is 0 Å². The summed E-state index contributed by atoms with van der Waals surface area (Å²) in [7, 11) is 0. The van der Waals surface area contributed by atoms with Gasteiger partial charge in [-0.3, -0.25) is 4.79 Å². The van der Waals surface area contributed by atoms with Gasteiger partial charge in [0.25, 0.3) is 0 Å². The average molecular weight is 262 g/mol. The maximum atomic E-state index is 11.4. The van der Waals surface area contributed by atoms with Crippen LogP contribution in [-0.2, 0) is 11.4 Å². The smallest absolute Gasteiger partial charge is 0.222 e. The van der Waals surface area contributed by atoms with E-state index in [-0.39, 0.29) is 18.4 Å². The Kier molecular flexibility index (Phi) is 4.10. The third-order valence-electron chi connectivity index (χ3n) is 4.00. The number of rotatable bonds is 3. The molecule has 19 heavy (non-hydrogen) atoms. The molecule has 4 heteroatoms. The van der Waals surface area contributed by atoms with Crippen molar-refractivity contribution >= 4 is 11.6 Å². The highest BCUT2D eigenvalue weighted by molar-refractivity contribution is 5.78. The van der Waals surface area contributed by atoms with Crippen molar-refractivity contribution < 1.29 is 9.90 Å². The number of aliphatic hydroxyl groups is 1. The molecular formula is C15H22N2O2. The second-order valence-corrected chi connectivity index (χ2v) is 5.47. The molecule has 3 N–H and O–H groups in total. The number of carbonyl (C=O) groups is 1. The minimum Gasteiger partial charge on any atom is -0.392 e. The Morgan fingerprint density at radius 1 is 1.47 bits per heavy atom. The van der Waals surface area contributed by atoms with E-state index in [1.54, 1.807) is 0 Å². The third-order valence-corrected chi connectivity index (χ3v) is 4.00. The van der Waals surface area contributed by atoms with Crippen LogP contribution in [0, 0.1) is 12.8 Å². The van der Waals surface area contributed by atoms with Gasteiger partial charge in [-0.05, 0) is 32.8 Å². The Morgan fingerprint density at radius 2 is 2.21 bits per heavy atom. The first kappa shape index (κ1) is 13.9. The van der Waals surface area contributed by atoms with E-state index < -0.39 is 0 Å². The molecule has 0 aromatic heterocycles. The van der Waals surface area contributed by atoms with Gasteiger partial charge in [-0.15, -0.1) is 0 Å². The first-order valence-electron chi connectivity index (χ1n) is 6.79. The molecule has 0 bridgehead atoms. The number of nitrogens with two attached hydrogens (primary N) is 1. The Balaban J connectivity index is 2.30. The number of amides is 1. The van der Waals surface area contributed by atoms with Crippen molar-refractivity contribution in [3.8, 4) is 0 Å². The Labute approximate surface area is 114 Å². The molecule has 2 atom stereocenters. The second-order valence-electron chi connectivity index (χ2n) is 5.47. The molecule has 1 aromatic carbocycles. The summed E-state index contributed by atoms with van der Waals surface area (Å²) in [5, 5.41) is 9.52. The SMILES string of the molecule is Cc1ccc(N2CC(C(N)=O)CCC2C)c(CO)c1. The number of carbonyl (C=O) groups excluding carboxylic acids is 1. The van der Waals surface area contributed by atoms with E-state index in [9.17, 15) is 9.90 Å². The zero-order chi connectivity index (χ0) is 14.0. The predicted octanol–water partition coefficient (Wildman–Crippen LogP) is 1.58. The summed E-state index contributed by atoms with van der Waals surface area (Å²) < 4.78 is 0. The van der Waals surface area contributed by atoms with Crippen molar-refractivity contribution in [2.45, 2.75) is 39.3 Å². The highest BCUT2D eigenvalue weighted by Crippen LogP contribution is 2.30. The quantitative estimate of drug-likeness (QED) is 0.869. The highest BCUT2D eigenvalue weighted by atomic mass is 16.3. The summed E-state index contributed by atoms with van der Waals surface area (Å²) >= 11 is 0. The van der Waals surface area contributed by atoms with Crippen LogP contribution in [0.15, 0.2) is 18.2 Å². The number of nitrogens with zero attached hydrogens (tertiary/aromatic N) is 1. The van der Waals surface area contributed by atoms with Crippen molar-refractivity contribution in [3.05, 3.63) is 29.3 Å².